The van der Waals surface area contributed by atoms with Gasteiger partial charge in [-0.3, -0.25) is 0 Å². The third kappa shape index (κ3) is 5.11. The highest BCUT2D eigenvalue weighted by atomic mass is 16.3. The maximum atomic E-state index is 6.81. The van der Waals surface area contributed by atoms with Crippen molar-refractivity contribution in [2.24, 2.45) is 0 Å². The van der Waals surface area contributed by atoms with E-state index in [-0.39, 0.29) is 0 Å². The summed E-state index contributed by atoms with van der Waals surface area (Å²) >= 11 is 0. The average molecular weight is 704 g/mol. The van der Waals surface area contributed by atoms with Crippen LogP contribution >= 0.6 is 0 Å². The monoisotopic (exact) mass is 703 g/mol. The highest BCUT2D eigenvalue weighted by Gasteiger charge is 2.20. The van der Waals surface area contributed by atoms with E-state index in [0.717, 1.165) is 77.6 Å². The smallest absolute Gasteiger partial charge is 0.227 e. The van der Waals surface area contributed by atoms with Crippen molar-refractivity contribution in [2.75, 3.05) is 4.90 Å². The van der Waals surface area contributed by atoms with Gasteiger partial charge in [0.25, 0.3) is 0 Å². The molecule has 0 N–H and O–H groups in total. The molecule has 258 valence electrons. The molecule has 0 atom stereocenters. The summed E-state index contributed by atoms with van der Waals surface area (Å²) in [7, 11) is 0. The van der Waals surface area contributed by atoms with Crippen LogP contribution in [0.5, 0.6) is 0 Å². The quantitative estimate of drug-likeness (QED) is 0.162. The van der Waals surface area contributed by atoms with Gasteiger partial charge < -0.3 is 13.9 Å². The normalized spacial score (nSPS) is 11.6. The fraction of sp³-hybridized carbons (Fsp3) is 0. The molecule has 0 amide bonds. The van der Waals surface area contributed by atoms with E-state index < -0.39 is 0 Å². The van der Waals surface area contributed by atoms with Crippen molar-refractivity contribution >= 4 is 71.5 Å². The molecule has 0 saturated carbocycles. The molecule has 0 unspecified atom stereocenters. The number of benzene rings is 9. The van der Waals surface area contributed by atoms with Crippen molar-refractivity contribution in [1.82, 2.24) is 9.55 Å². The van der Waals surface area contributed by atoms with Crippen molar-refractivity contribution in [2.45, 2.75) is 0 Å². The van der Waals surface area contributed by atoms with Gasteiger partial charge in [-0.25, -0.2) is 4.98 Å². The Kier molecular flexibility index (Phi) is 7.14. The Bertz CT molecular complexity index is 3200. The molecule has 0 aliphatic heterocycles. The zero-order chi connectivity index (χ0) is 36.3. The molecule has 2 heterocycles. The zero-order valence-corrected chi connectivity index (χ0v) is 29.8. The molecule has 4 heteroatoms. The molecule has 0 aliphatic rings. The van der Waals surface area contributed by atoms with Crippen molar-refractivity contribution in [3.8, 4) is 28.3 Å². The van der Waals surface area contributed by atoms with Crippen LogP contribution in [0.1, 0.15) is 0 Å². The average Bonchev–Trinajstić information content (AvgIpc) is 3.84. The van der Waals surface area contributed by atoms with Gasteiger partial charge >= 0.3 is 0 Å². The maximum Gasteiger partial charge on any atom is 0.227 e. The first-order valence-corrected chi connectivity index (χ1v) is 18.6. The lowest BCUT2D eigenvalue weighted by Gasteiger charge is -2.26. The van der Waals surface area contributed by atoms with Crippen molar-refractivity contribution in [3.05, 3.63) is 200 Å². The Morgan fingerprint density at radius 2 is 1.05 bits per heavy atom. The van der Waals surface area contributed by atoms with Gasteiger partial charge in [-0.15, -0.1) is 0 Å². The van der Waals surface area contributed by atoms with Gasteiger partial charge in [0, 0.05) is 44.5 Å². The van der Waals surface area contributed by atoms with E-state index in [0.29, 0.717) is 5.89 Å². The van der Waals surface area contributed by atoms with Gasteiger partial charge in [0.05, 0.1) is 11.0 Å². The molecule has 55 heavy (non-hydrogen) atoms. The lowest BCUT2D eigenvalue weighted by Crippen LogP contribution is -2.10. The summed E-state index contributed by atoms with van der Waals surface area (Å²) < 4.78 is 9.19. The molecule has 11 rings (SSSR count). The van der Waals surface area contributed by atoms with E-state index in [1.165, 1.54) is 16.3 Å². The minimum Gasteiger partial charge on any atom is -0.435 e. The second-order valence-corrected chi connectivity index (χ2v) is 14.0. The third-order valence-corrected chi connectivity index (χ3v) is 10.8. The van der Waals surface area contributed by atoms with Gasteiger partial charge in [-0.05, 0) is 94.0 Å². The lowest BCUT2D eigenvalue weighted by atomic mass is 10.00. The van der Waals surface area contributed by atoms with E-state index in [1.807, 2.05) is 12.1 Å². The summed E-state index contributed by atoms with van der Waals surface area (Å²) in [6.45, 7) is 0. The summed E-state index contributed by atoms with van der Waals surface area (Å²) in [6, 6.07) is 70.9. The molecular formula is C51H33N3O. The molecule has 0 fully saturated rings. The summed E-state index contributed by atoms with van der Waals surface area (Å²) in [5.41, 5.74) is 11.5. The Morgan fingerprint density at radius 3 is 1.89 bits per heavy atom. The predicted octanol–water partition coefficient (Wildman–Crippen LogP) is 14.0. The van der Waals surface area contributed by atoms with Crippen molar-refractivity contribution in [3.63, 3.8) is 0 Å². The van der Waals surface area contributed by atoms with Crippen LogP contribution in [0.25, 0.3) is 82.7 Å². The Hall–Kier alpha value is -7.43. The molecule has 11 aromatic rings. The SMILES string of the molecule is c1ccc(-c2ccccc2-c2nc3ccc4ccc5ccc(N(c6ccccc6)c6ccc7c8ccccc8n(-c8ccccc8)c7c6)cc5c4c3o2)cc1. The summed E-state index contributed by atoms with van der Waals surface area (Å²) in [4.78, 5) is 7.43. The lowest BCUT2D eigenvalue weighted by molar-refractivity contribution is 0.623. The number of hydrogen-bond donors (Lipinski definition) is 0. The maximum absolute atomic E-state index is 6.81. The Morgan fingerprint density at radius 1 is 0.436 bits per heavy atom. The zero-order valence-electron chi connectivity index (χ0n) is 29.8. The van der Waals surface area contributed by atoms with Crippen molar-refractivity contribution in [1.29, 1.82) is 0 Å². The van der Waals surface area contributed by atoms with Gasteiger partial charge in [0.2, 0.25) is 5.89 Å². The minimum atomic E-state index is 0.614. The van der Waals surface area contributed by atoms with E-state index in [1.54, 1.807) is 0 Å². The second kappa shape index (κ2) is 12.6. The van der Waals surface area contributed by atoms with Crippen LogP contribution in [0.15, 0.2) is 205 Å². The first-order chi connectivity index (χ1) is 27.3. The minimum absolute atomic E-state index is 0.614. The molecule has 2 aromatic heterocycles. The standard InChI is InChI=1S/C51H33N3O/c1-4-14-34(15-5-1)41-20-10-11-22-44(41)51-52-46-31-27-36-25-24-35-26-28-39(32-45(35)49(36)50(46)55-51)53(37-16-6-2-7-17-37)40-29-30-43-42-21-12-13-23-47(42)54(48(43)33-40)38-18-8-3-9-19-38/h1-33H. The fourth-order valence-electron chi connectivity index (χ4n) is 8.28. The number of oxazole rings is 1. The molecule has 0 spiro atoms. The van der Waals surface area contributed by atoms with E-state index >= 15 is 0 Å². The second-order valence-electron chi connectivity index (χ2n) is 14.0. The third-order valence-electron chi connectivity index (χ3n) is 10.8. The Balaban J connectivity index is 1.12. The first-order valence-electron chi connectivity index (χ1n) is 18.6. The molecule has 4 nitrogen and oxygen atoms in total. The summed E-state index contributed by atoms with van der Waals surface area (Å²) in [6.07, 6.45) is 0. The van der Waals surface area contributed by atoms with Crippen LogP contribution in [0.2, 0.25) is 0 Å². The number of nitrogens with zero attached hydrogens (tertiary/aromatic N) is 3. The van der Waals surface area contributed by atoms with Crippen LogP contribution in [-0.4, -0.2) is 9.55 Å². The van der Waals surface area contributed by atoms with Crippen LogP contribution < -0.4 is 4.90 Å². The Labute approximate surface area is 317 Å². The first kappa shape index (κ1) is 31.1. The number of anilines is 3. The van der Waals surface area contributed by atoms with Crippen molar-refractivity contribution < 1.29 is 4.42 Å². The van der Waals surface area contributed by atoms with Crippen LogP contribution in [0.3, 0.4) is 0 Å². The molecule has 9 aromatic carbocycles. The van der Waals surface area contributed by atoms with Gasteiger partial charge in [-0.2, -0.15) is 0 Å². The topological polar surface area (TPSA) is 34.2 Å². The highest BCUT2D eigenvalue weighted by Crippen LogP contribution is 2.43. The van der Waals surface area contributed by atoms with Crippen LogP contribution in [-0.2, 0) is 0 Å². The van der Waals surface area contributed by atoms with E-state index in [4.69, 9.17) is 9.40 Å². The largest absolute Gasteiger partial charge is 0.435 e. The number of aromatic nitrogens is 2. The number of fused-ring (bicyclic) bond motifs is 8. The summed E-state index contributed by atoms with van der Waals surface area (Å²) in [5.74, 6) is 0.614. The van der Waals surface area contributed by atoms with Crippen LogP contribution in [0, 0.1) is 0 Å². The number of para-hydroxylation sites is 3. The predicted molar refractivity (Wildman–Crippen MR) is 229 cm³/mol. The molecule has 0 bridgehead atoms. The number of hydrogen-bond acceptors (Lipinski definition) is 3. The summed E-state index contributed by atoms with van der Waals surface area (Å²) in [5, 5.41) is 6.87. The molecule has 0 radical (unpaired) electrons. The van der Waals surface area contributed by atoms with Gasteiger partial charge in [-0.1, -0.05) is 133 Å². The molecule has 0 aliphatic carbocycles. The fourth-order valence-corrected chi connectivity index (χ4v) is 8.28. The molecule has 0 saturated heterocycles. The van der Waals surface area contributed by atoms with E-state index in [2.05, 4.69) is 198 Å². The number of rotatable bonds is 6. The molecular weight excluding hydrogens is 671 g/mol. The van der Waals surface area contributed by atoms with Crippen LogP contribution in [0.4, 0.5) is 17.1 Å². The van der Waals surface area contributed by atoms with E-state index in [9.17, 15) is 0 Å². The highest BCUT2D eigenvalue weighted by molar-refractivity contribution is 6.19. The van der Waals surface area contributed by atoms with Gasteiger partial charge in [0.1, 0.15) is 5.52 Å². The van der Waals surface area contributed by atoms with Gasteiger partial charge in [0.15, 0.2) is 5.58 Å².